The van der Waals surface area contributed by atoms with Gasteiger partial charge in [-0.1, -0.05) is 242 Å². The molecule has 360 valence electrons. The molecule has 0 aliphatic rings. The number of aliphatic hydroxyl groups is 2. The zero-order chi connectivity index (χ0) is 45.1. The normalized spacial score (nSPS) is 11.4. The second-order valence-corrected chi connectivity index (χ2v) is 16.7. The van der Waals surface area contributed by atoms with Crippen LogP contribution in [0.15, 0.2) is 0 Å². The fraction of sp³-hybridized carbons (Fsp3) is 0.962. The minimum absolute atomic E-state index is 0.122. The van der Waals surface area contributed by atoms with Crippen LogP contribution >= 0.6 is 0 Å². The van der Waals surface area contributed by atoms with Gasteiger partial charge in [-0.25, -0.2) is 0 Å². The first-order valence-corrected chi connectivity index (χ1v) is 26.0. The molecule has 0 heterocycles. The van der Waals surface area contributed by atoms with Crippen molar-refractivity contribution in [3.8, 4) is 0 Å². The largest absolute Gasteiger partial charge is 0.468 e. The molecule has 0 rings (SSSR count). The van der Waals surface area contributed by atoms with Crippen molar-refractivity contribution in [3.63, 3.8) is 0 Å². The molecule has 0 radical (unpaired) electrons. The van der Waals surface area contributed by atoms with Gasteiger partial charge >= 0.3 is 0 Å². The first-order chi connectivity index (χ1) is 28.8. The fourth-order valence-corrected chi connectivity index (χ4v) is 6.41. The summed E-state index contributed by atoms with van der Waals surface area (Å²) in [5.74, 6) is 0. The summed E-state index contributed by atoms with van der Waals surface area (Å²) < 4.78 is 9.61. The maximum absolute atomic E-state index is 10.2. The lowest BCUT2D eigenvalue weighted by atomic mass is 10.0. The summed E-state index contributed by atoms with van der Waals surface area (Å²) in [5.41, 5.74) is 0. The zero-order valence-electron chi connectivity index (χ0n) is 41.9. The molecule has 0 fully saturated rings. The Morgan fingerprint density at radius 2 is 0.780 bits per heavy atom. The van der Waals surface area contributed by atoms with E-state index in [1.165, 1.54) is 193 Å². The van der Waals surface area contributed by atoms with Crippen LogP contribution in [-0.2, 0) is 19.1 Å². The van der Waals surface area contributed by atoms with E-state index in [-0.39, 0.29) is 12.7 Å². The smallest absolute Gasteiger partial charge is 0.293 e. The van der Waals surface area contributed by atoms with Gasteiger partial charge in [-0.2, -0.15) is 0 Å². The van der Waals surface area contributed by atoms with E-state index >= 15 is 0 Å². The summed E-state index contributed by atoms with van der Waals surface area (Å²) in [7, 11) is 0. The minimum Gasteiger partial charge on any atom is -0.468 e. The van der Waals surface area contributed by atoms with Crippen molar-refractivity contribution in [2.75, 3.05) is 32.8 Å². The molecule has 0 aliphatic heterocycles. The van der Waals surface area contributed by atoms with Crippen molar-refractivity contribution in [3.05, 3.63) is 0 Å². The van der Waals surface area contributed by atoms with Gasteiger partial charge in [0.1, 0.15) is 6.10 Å². The van der Waals surface area contributed by atoms with Crippen molar-refractivity contribution >= 4 is 12.9 Å². The third-order valence-electron chi connectivity index (χ3n) is 10.5. The molecule has 2 atom stereocenters. The predicted molar refractivity (Wildman–Crippen MR) is 261 cm³/mol. The van der Waals surface area contributed by atoms with Crippen LogP contribution in [0.5, 0.6) is 0 Å². The standard InChI is InChI=1S/C19H41NO2.C13H26O2.C10H20O2.C6H14.C4H10/c1-3-5-7-9-11-13-15-20(17-19(22)18-21)16-14-12-10-8-6-4-2;1-3-5-6-7-8-9-11-13(10-4-2)15-12-14;1-2-3-4-5-6-7-8-9-12-10-11;1-3-5-6-4-2;1-3-4-2/h19,21-22H,3-18H2,1-2H3;12-13H,3-11H2,1-2H3;10H,2-9H2,1H3;3-6H2,1-2H3;3-4H2,1-2H3. The van der Waals surface area contributed by atoms with E-state index in [2.05, 4.69) is 72.0 Å². The topological polar surface area (TPSA) is 96.3 Å². The Morgan fingerprint density at radius 3 is 1.12 bits per heavy atom. The molecule has 2 unspecified atom stereocenters. The van der Waals surface area contributed by atoms with E-state index < -0.39 is 6.10 Å². The van der Waals surface area contributed by atoms with E-state index in [1.54, 1.807) is 0 Å². The van der Waals surface area contributed by atoms with Crippen LogP contribution in [0.3, 0.4) is 0 Å². The van der Waals surface area contributed by atoms with Crippen LogP contribution in [0, 0.1) is 0 Å². The molecule has 0 aliphatic carbocycles. The van der Waals surface area contributed by atoms with Gasteiger partial charge in [0.25, 0.3) is 12.9 Å². The molecule has 0 spiro atoms. The van der Waals surface area contributed by atoms with Gasteiger partial charge in [0.15, 0.2) is 0 Å². The molecular weight excluding hydrogens is 735 g/mol. The molecule has 0 aromatic heterocycles. The number of hydrogen-bond donors (Lipinski definition) is 2. The summed E-state index contributed by atoms with van der Waals surface area (Å²) in [6.07, 6.45) is 43.2. The van der Waals surface area contributed by atoms with Gasteiger partial charge < -0.3 is 24.6 Å². The molecule has 0 saturated carbocycles. The van der Waals surface area contributed by atoms with Gasteiger partial charge in [-0.15, -0.1) is 0 Å². The van der Waals surface area contributed by atoms with Crippen LogP contribution in [0.4, 0.5) is 0 Å². The van der Waals surface area contributed by atoms with Crippen LogP contribution in [-0.4, -0.2) is 73.1 Å². The number of nitrogens with zero attached hydrogens (tertiary/aromatic N) is 1. The molecule has 0 saturated heterocycles. The lowest BCUT2D eigenvalue weighted by Crippen LogP contribution is -2.35. The zero-order valence-corrected chi connectivity index (χ0v) is 41.9. The summed E-state index contributed by atoms with van der Waals surface area (Å²) in [5, 5.41) is 18.7. The van der Waals surface area contributed by atoms with Crippen molar-refractivity contribution in [2.24, 2.45) is 0 Å². The average Bonchev–Trinajstić information content (AvgIpc) is 3.25. The lowest BCUT2D eigenvalue weighted by molar-refractivity contribution is -0.134. The third-order valence-corrected chi connectivity index (χ3v) is 10.5. The van der Waals surface area contributed by atoms with Crippen molar-refractivity contribution in [2.45, 2.75) is 293 Å². The molecule has 59 heavy (non-hydrogen) atoms. The highest BCUT2D eigenvalue weighted by molar-refractivity contribution is 5.37. The van der Waals surface area contributed by atoms with E-state index in [9.17, 15) is 14.7 Å². The molecule has 7 heteroatoms. The molecule has 0 amide bonds. The Labute approximate surface area is 371 Å². The van der Waals surface area contributed by atoms with Crippen LogP contribution in [0.25, 0.3) is 0 Å². The fourth-order valence-electron chi connectivity index (χ4n) is 6.41. The monoisotopic (exact) mass is 846 g/mol. The summed E-state index contributed by atoms with van der Waals surface area (Å²) in [6, 6.07) is 0. The Balaban J connectivity index is -0.000000228. The number of rotatable bonds is 41. The number of ether oxygens (including phenoxy) is 2. The highest BCUT2D eigenvalue weighted by Gasteiger charge is 2.10. The minimum atomic E-state index is -0.583. The van der Waals surface area contributed by atoms with Crippen molar-refractivity contribution in [1.29, 1.82) is 0 Å². The molecule has 0 aromatic carbocycles. The highest BCUT2D eigenvalue weighted by Crippen LogP contribution is 2.14. The Morgan fingerprint density at radius 1 is 0.424 bits per heavy atom. The molecule has 0 aromatic rings. The van der Waals surface area contributed by atoms with E-state index in [0.29, 0.717) is 26.1 Å². The Kier molecular flexibility index (Phi) is 77.7. The maximum Gasteiger partial charge on any atom is 0.293 e. The summed E-state index contributed by atoms with van der Waals surface area (Å²) in [6.45, 7) is 24.3. The SMILES string of the molecule is CCCC.CCCCCC.CCCCCCCCC(CCC)OC=O.CCCCCCCCCOC=O.CCCCCCCCN(CCCCCCCC)CC(O)CO. The van der Waals surface area contributed by atoms with Gasteiger partial charge in [-0.3, -0.25) is 9.59 Å². The van der Waals surface area contributed by atoms with E-state index in [1.807, 2.05) is 0 Å². The first kappa shape index (κ1) is 66.9. The van der Waals surface area contributed by atoms with Gasteiger partial charge in [0.2, 0.25) is 0 Å². The van der Waals surface area contributed by atoms with Gasteiger partial charge in [-0.05, 0) is 51.6 Å². The van der Waals surface area contributed by atoms with Crippen molar-refractivity contribution in [1.82, 2.24) is 4.90 Å². The summed E-state index contributed by atoms with van der Waals surface area (Å²) >= 11 is 0. The average molecular weight is 846 g/mol. The number of hydrogen-bond acceptors (Lipinski definition) is 7. The Hall–Kier alpha value is -1.18. The highest BCUT2D eigenvalue weighted by atomic mass is 16.5. The summed E-state index contributed by atoms with van der Waals surface area (Å²) in [4.78, 5) is 22.3. The molecule has 0 bridgehead atoms. The second-order valence-electron chi connectivity index (χ2n) is 16.7. The predicted octanol–water partition coefficient (Wildman–Crippen LogP) is 15.7. The first-order valence-electron chi connectivity index (χ1n) is 26.0. The van der Waals surface area contributed by atoms with Gasteiger partial charge in [0.05, 0.1) is 19.3 Å². The third kappa shape index (κ3) is 74.7. The van der Waals surface area contributed by atoms with Crippen LogP contribution in [0.2, 0.25) is 0 Å². The molecular formula is C52H111NO6. The number of carbonyl (C=O) groups excluding carboxylic acids is 2. The quantitative estimate of drug-likeness (QED) is 0.0467. The van der Waals surface area contributed by atoms with Gasteiger partial charge in [0, 0.05) is 6.54 Å². The molecule has 2 N–H and O–H groups in total. The van der Waals surface area contributed by atoms with E-state index in [0.717, 1.165) is 38.8 Å². The maximum atomic E-state index is 10.2. The van der Waals surface area contributed by atoms with Crippen LogP contribution in [0.1, 0.15) is 281 Å². The lowest BCUT2D eigenvalue weighted by Gasteiger charge is -2.24. The number of aliphatic hydroxyl groups excluding tert-OH is 2. The number of unbranched alkanes of at least 4 members (excludes halogenated alkanes) is 25. The molecule has 7 nitrogen and oxygen atoms in total. The van der Waals surface area contributed by atoms with E-state index in [4.69, 9.17) is 9.84 Å². The van der Waals surface area contributed by atoms with Crippen molar-refractivity contribution < 1.29 is 29.3 Å². The Bertz CT molecular complexity index is 660. The number of carbonyl (C=O) groups is 2. The van der Waals surface area contributed by atoms with Crippen LogP contribution < -0.4 is 0 Å². The second kappa shape index (κ2) is 68.6.